The van der Waals surface area contributed by atoms with Crippen molar-refractivity contribution in [2.75, 3.05) is 6.61 Å². The minimum absolute atomic E-state index is 0.0530. The summed E-state index contributed by atoms with van der Waals surface area (Å²) in [5, 5.41) is 33.3. The van der Waals surface area contributed by atoms with Gasteiger partial charge < -0.3 is 20.2 Å². The molecule has 0 aliphatic heterocycles. The van der Waals surface area contributed by atoms with Crippen molar-refractivity contribution >= 4 is 11.7 Å². The average molecular weight is 359 g/mol. The van der Waals surface area contributed by atoms with Crippen LogP contribution < -0.4 is 0 Å². The van der Waals surface area contributed by atoms with Crippen LogP contribution in [-0.4, -0.2) is 39.7 Å². The van der Waals surface area contributed by atoms with Crippen LogP contribution in [0.4, 0.5) is 0 Å². The predicted octanol–water partition coefficient (Wildman–Crippen LogP) is 2.87. The lowest BCUT2D eigenvalue weighted by Gasteiger charge is -2.50. The summed E-state index contributed by atoms with van der Waals surface area (Å²) in [6, 6.07) is 5.36. The monoisotopic (exact) mass is 359 g/mol. The molecule has 2 saturated carbocycles. The highest BCUT2D eigenvalue weighted by molar-refractivity contribution is 6.03. The zero-order valence-electron chi connectivity index (χ0n) is 14.9. The number of aliphatic carboxylic acids is 1. The van der Waals surface area contributed by atoms with Gasteiger partial charge in [-0.25, -0.2) is 4.79 Å². The summed E-state index contributed by atoms with van der Waals surface area (Å²) in [4.78, 5) is 15.8. The summed E-state index contributed by atoms with van der Waals surface area (Å²) in [7, 11) is 0. The number of benzene rings is 1. The first-order valence-corrected chi connectivity index (χ1v) is 9.32. The number of hydrogen-bond acceptors (Lipinski definition) is 5. The van der Waals surface area contributed by atoms with Gasteiger partial charge in [-0.1, -0.05) is 18.1 Å². The Morgan fingerprint density at radius 3 is 2.92 bits per heavy atom. The molecule has 0 saturated heterocycles. The molecule has 0 radical (unpaired) electrons. The largest absolute Gasteiger partial charge is 0.508 e. The lowest BCUT2D eigenvalue weighted by Crippen LogP contribution is -2.45. The van der Waals surface area contributed by atoms with Crippen LogP contribution in [0.15, 0.2) is 23.4 Å². The van der Waals surface area contributed by atoms with E-state index in [0.717, 1.165) is 36.8 Å². The number of aromatic hydroxyl groups is 1. The second-order valence-corrected chi connectivity index (χ2v) is 8.20. The van der Waals surface area contributed by atoms with Gasteiger partial charge in [0.05, 0.1) is 11.8 Å². The van der Waals surface area contributed by atoms with Crippen LogP contribution in [0.5, 0.6) is 5.75 Å². The van der Waals surface area contributed by atoms with Crippen LogP contribution in [0.2, 0.25) is 0 Å². The molecule has 1 aromatic rings. The van der Waals surface area contributed by atoms with E-state index < -0.39 is 12.6 Å². The van der Waals surface area contributed by atoms with Gasteiger partial charge in [0, 0.05) is 5.56 Å². The molecule has 3 aliphatic carbocycles. The molecular formula is C20H25NO5. The number of fused-ring (bicyclic) bond motifs is 5. The molecule has 6 nitrogen and oxygen atoms in total. The number of aliphatic hydroxyl groups is 1. The third-order valence-corrected chi connectivity index (χ3v) is 6.93. The van der Waals surface area contributed by atoms with Gasteiger partial charge in [-0.2, -0.15) is 0 Å². The fraction of sp³-hybridized carbons (Fsp3) is 0.600. The van der Waals surface area contributed by atoms with Gasteiger partial charge in [0.15, 0.2) is 0 Å². The maximum atomic E-state index is 10.7. The third-order valence-electron chi connectivity index (χ3n) is 6.93. The first-order valence-electron chi connectivity index (χ1n) is 9.32. The smallest absolute Gasteiger partial charge is 0.344 e. The number of rotatable bonds is 3. The normalized spacial score (nSPS) is 36.9. The van der Waals surface area contributed by atoms with Crippen LogP contribution in [0.25, 0.3) is 0 Å². The van der Waals surface area contributed by atoms with Crippen molar-refractivity contribution in [1.82, 2.24) is 0 Å². The zero-order chi connectivity index (χ0) is 18.5. The van der Waals surface area contributed by atoms with Gasteiger partial charge in [0.2, 0.25) is 6.61 Å². The Labute approximate surface area is 152 Å². The Morgan fingerprint density at radius 2 is 2.15 bits per heavy atom. The number of phenols is 1. The maximum absolute atomic E-state index is 10.7. The van der Waals surface area contributed by atoms with Crippen molar-refractivity contribution in [2.45, 2.75) is 51.0 Å². The molecule has 0 heterocycles. The highest BCUT2D eigenvalue weighted by atomic mass is 16.6. The summed E-state index contributed by atoms with van der Waals surface area (Å²) < 4.78 is 0. The zero-order valence-corrected chi connectivity index (χ0v) is 14.9. The number of nitrogens with zero attached hydrogens (tertiary/aromatic N) is 1. The van der Waals surface area contributed by atoms with Crippen molar-refractivity contribution in [3.63, 3.8) is 0 Å². The Morgan fingerprint density at radius 1 is 1.35 bits per heavy atom. The van der Waals surface area contributed by atoms with E-state index in [1.54, 1.807) is 12.1 Å². The summed E-state index contributed by atoms with van der Waals surface area (Å²) in [5.74, 6) is 0.263. The van der Waals surface area contributed by atoms with E-state index in [4.69, 9.17) is 9.94 Å². The molecule has 2 fully saturated rings. The molecule has 0 spiro atoms. The molecule has 26 heavy (non-hydrogen) atoms. The van der Waals surface area contributed by atoms with Gasteiger partial charge in [0.1, 0.15) is 5.75 Å². The number of carbonyl (C=O) groups is 1. The molecule has 4 rings (SSSR count). The minimum Gasteiger partial charge on any atom is -0.508 e. The lowest BCUT2D eigenvalue weighted by molar-refractivity contribution is -0.142. The van der Waals surface area contributed by atoms with Crippen molar-refractivity contribution in [3.05, 3.63) is 29.3 Å². The fourth-order valence-corrected chi connectivity index (χ4v) is 5.63. The van der Waals surface area contributed by atoms with Gasteiger partial charge in [-0.05, 0) is 73.0 Å². The van der Waals surface area contributed by atoms with Gasteiger partial charge in [-0.3, -0.25) is 0 Å². The Kier molecular flexibility index (Phi) is 4.18. The van der Waals surface area contributed by atoms with Crippen LogP contribution in [0.1, 0.15) is 56.1 Å². The van der Waals surface area contributed by atoms with E-state index in [0.29, 0.717) is 29.9 Å². The first-order chi connectivity index (χ1) is 12.4. The van der Waals surface area contributed by atoms with E-state index >= 15 is 0 Å². The minimum atomic E-state index is -1.07. The number of phenolic OH excluding ortho intramolecular Hbond substituents is 1. The van der Waals surface area contributed by atoms with Gasteiger partial charge in [0.25, 0.3) is 0 Å². The second kappa shape index (κ2) is 6.27. The number of hydrogen-bond donors (Lipinski definition) is 3. The Balaban J connectivity index is 1.72. The fourth-order valence-electron chi connectivity index (χ4n) is 5.63. The van der Waals surface area contributed by atoms with Crippen LogP contribution >= 0.6 is 0 Å². The predicted molar refractivity (Wildman–Crippen MR) is 95.2 cm³/mol. The lowest BCUT2D eigenvalue weighted by atomic mass is 9.55. The summed E-state index contributed by atoms with van der Waals surface area (Å²) >= 11 is 0. The Bertz CT molecular complexity index is 761. The molecular weight excluding hydrogens is 334 g/mol. The van der Waals surface area contributed by atoms with Gasteiger partial charge in [-0.15, -0.1) is 0 Å². The number of oxime groups is 1. The second-order valence-electron chi connectivity index (χ2n) is 8.20. The highest BCUT2D eigenvalue weighted by Crippen LogP contribution is 2.60. The Hall–Kier alpha value is -2.08. The van der Waals surface area contributed by atoms with E-state index in [9.17, 15) is 15.0 Å². The quantitative estimate of drug-likeness (QED) is 0.721. The maximum Gasteiger partial charge on any atom is 0.344 e. The van der Waals surface area contributed by atoms with Crippen LogP contribution in [-0.2, 0) is 9.63 Å². The molecule has 0 amide bonds. The molecule has 3 aliphatic rings. The standard InChI is InChI=1S/C20H25NO5/c1-20-7-6-13-12-3-2-11(22)8-15(12)17(21-26-10-19(24)25)9-14(13)16(20)4-5-18(20)23/h2-3,8,13-14,16,18,22-23H,4-7,9-10H2,1H3,(H,24,25)/b21-17-/t13-,14-,16+,18+,20-/m1/s1. The number of carboxylic acid groups (broad SMARTS) is 1. The summed E-state index contributed by atoms with van der Waals surface area (Å²) in [6.45, 7) is 1.72. The average Bonchev–Trinajstić information content (AvgIpc) is 2.90. The number of carboxylic acids is 1. The summed E-state index contributed by atoms with van der Waals surface area (Å²) in [5.41, 5.74) is 2.66. The molecule has 5 atom stereocenters. The van der Waals surface area contributed by atoms with Gasteiger partial charge >= 0.3 is 5.97 Å². The van der Waals surface area contributed by atoms with E-state index in [-0.39, 0.29) is 17.3 Å². The molecule has 140 valence electrons. The van der Waals surface area contributed by atoms with E-state index in [2.05, 4.69) is 12.1 Å². The molecule has 0 aromatic heterocycles. The van der Waals surface area contributed by atoms with Crippen LogP contribution in [0.3, 0.4) is 0 Å². The molecule has 1 aromatic carbocycles. The van der Waals surface area contributed by atoms with E-state index in [1.165, 1.54) is 0 Å². The molecule has 3 N–H and O–H groups in total. The van der Waals surface area contributed by atoms with Crippen molar-refractivity contribution < 1.29 is 25.0 Å². The highest BCUT2D eigenvalue weighted by Gasteiger charge is 2.55. The van der Waals surface area contributed by atoms with Crippen molar-refractivity contribution in [2.24, 2.45) is 22.4 Å². The van der Waals surface area contributed by atoms with Crippen molar-refractivity contribution in [1.29, 1.82) is 0 Å². The first kappa shape index (κ1) is 17.3. The molecule has 6 heteroatoms. The number of aliphatic hydroxyl groups excluding tert-OH is 1. The summed E-state index contributed by atoms with van der Waals surface area (Å²) in [6.07, 6.45) is 4.30. The molecule has 0 bridgehead atoms. The SMILES string of the molecule is C[C@@]12CC[C@@H]3c4ccc(O)cc4/C(=N\OCC(=O)O)C[C@H]3[C@@H]1CC[C@@H]2O. The third kappa shape index (κ3) is 2.67. The van der Waals surface area contributed by atoms with Crippen LogP contribution in [0, 0.1) is 17.3 Å². The topological polar surface area (TPSA) is 99.4 Å². The van der Waals surface area contributed by atoms with Crippen molar-refractivity contribution in [3.8, 4) is 5.75 Å². The van der Waals surface area contributed by atoms with E-state index in [1.807, 2.05) is 6.07 Å². The molecule has 0 unspecified atom stereocenters.